The zero-order valence-corrected chi connectivity index (χ0v) is 19.5. The number of rotatable bonds is 17. The van der Waals surface area contributed by atoms with E-state index < -0.39 is 17.9 Å². The number of hydrogen-bond donors (Lipinski definition) is 2. The molecule has 0 aliphatic carbocycles. The van der Waals surface area contributed by atoms with Gasteiger partial charge in [0.2, 0.25) is 5.91 Å². The first-order valence-electron chi connectivity index (χ1n) is 11.5. The number of hydrogen-bond acceptors (Lipinski definition) is 2. The van der Waals surface area contributed by atoms with Crippen molar-refractivity contribution in [2.24, 2.45) is 5.92 Å². The van der Waals surface area contributed by atoms with Gasteiger partial charge in [0, 0.05) is 6.08 Å². The van der Waals surface area contributed by atoms with Crippen LogP contribution in [0.15, 0.2) is 72.9 Å². The molecule has 0 rings (SSSR count). The molecule has 31 heavy (non-hydrogen) atoms. The summed E-state index contributed by atoms with van der Waals surface area (Å²) in [5.41, 5.74) is 0. The summed E-state index contributed by atoms with van der Waals surface area (Å²) in [6, 6.07) is -0.880. The van der Waals surface area contributed by atoms with E-state index in [4.69, 9.17) is 5.11 Å². The quantitative estimate of drug-likeness (QED) is 0.154. The fourth-order valence-corrected chi connectivity index (χ4v) is 2.77. The molecule has 0 unspecified atom stereocenters. The third kappa shape index (κ3) is 19.1. The molecule has 1 atom stereocenters. The molecule has 0 radical (unpaired) electrons. The van der Waals surface area contributed by atoms with Gasteiger partial charge in [0.1, 0.15) is 6.04 Å². The lowest BCUT2D eigenvalue weighted by Gasteiger charge is -2.16. The van der Waals surface area contributed by atoms with E-state index in [2.05, 4.69) is 24.4 Å². The molecular weight excluding hydrogens is 386 g/mol. The number of amides is 1. The van der Waals surface area contributed by atoms with E-state index >= 15 is 0 Å². The van der Waals surface area contributed by atoms with Crippen molar-refractivity contribution in [2.45, 2.75) is 78.2 Å². The van der Waals surface area contributed by atoms with Crippen molar-refractivity contribution >= 4 is 11.9 Å². The van der Waals surface area contributed by atoms with Crippen LogP contribution in [0.4, 0.5) is 0 Å². The van der Waals surface area contributed by atoms with E-state index in [-0.39, 0.29) is 5.92 Å². The molecule has 172 valence electrons. The van der Waals surface area contributed by atoms with Crippen molar-refractivity contribution in [1.82, 2.24) is 5.32 Å². The van der Waals surface area contributed by atoms with Crippen LogP contribution in [0.5, 0.6) is 0 Å². The smallest absolute Gasteiger partial charge is 0.326 e. The molecule has 0 saturated carbocycles. The van der Waals surface area contributed by atoms with E-state index in [1.165, 1.54) is 51.0 Å². The Kier molecular flexibility index (Phi) is 18.9. The van der Waals surface area contributed by atoms with Gasteiger partial charge in [-0.05, 0) is 18.8 Å². The van der Waals surface area contributed by atoms with Crippen LogP contribution in [0.1, 0.15) is 72.1 Å². The number of aliphatic carboxylic acids is 1. The Morgan fingerprint density at radius 2 is 1.23 bits per heavy atom. The summed E-state index contributed by atoms with van der Waals surface area (Å²) in [6.45, 7) is 5.76. The van der Waals surface area contributed by atoms with Crippen LogP contribution in [-0.2, 0) is 9.59 Å². The summed E-state index contributed by atoms with van der Waals surface area (Å²) in [5.74, 6) is -1.62. The normalized spacial score (nSPS) is 13.8. The van der Waals surface area contributed by atoms with Gasteiger partial charge in [-0.2, -0.15) is 0 Å². The molecule has 0 heterocycles. The fraction of sp³-hybridized carbons (Fsp3) is 0.481. The lowest BCUT2D eigenvalue weighted by atomic mass is 10.0. The second-order valence-corrected chi connectivity index (χ2v) is 7.81. The third-order valence-electron chi connectivity index (χ3n) is 4.59. The molecule has 4 nitrogen and oxygen atoms in total. The first-order chi connectivity index (χ1) is 15.0. The molecular formula is C27H41NO3. The van der Waals surface area contributed by atoms with E-state index in [1.807, 2.05) is 36.5 Å². The van der Waals surface area contributed by atoms with Gasteiger partial charge in [0.25, 0.3) is 0 Å². The number of nitrogens with one attached hydrogen (secondary N) is 1. The lowest BCUT2D eigenvalue weighted by molar-refractivity contribution is -0.142. The largest absolute Gasteiger partial charge is 0.480 e. The first kappa shape index (κ1) is 28.4. The molecule has 0 spiro atoms. The maximum absolute atomic E-state index is 11.7. The topological polar surface area (TPSA) is 66.4 Å². The Bertz CT molecular complexity index is 651. The molecule has 0 aromatic heterocycles. The van der Waals surface area contributed by atoms with Crippen molar-refractivity contribution in [3.63, 3.8) is 0 Å². The Hall–Kier alpha value is -2.62. The SMILES string of the molecule is CCCCCCCCCC=CC=CC=CC=CC=CC=CC(=O)N[C@H](C(=O)O)C(C)C. The average Bonchev–Trinajstić information content (AvgIpc) is 2.73. The van der Waals surface area contributed by atoms with Gasteiger partial charge in [-0.15, -0.1) is 0 Å². The molecule has 4 heteroatoms. The molecule has 0 bridgehead atoms. The van der Waals surface area contributed by atoms with Crippen LogP contribution < -0.4 is 5.32 Å². The Labute approximate surface area is 189 Å². The number of unbranched alkanes of at least 4 members (excludes halogenated alkanes) is 7. The van der Waals surface area contributed by atoms with Gasteiger partial charge in [-0.25, -0.2) is 4.79 Å². The van der Waals surface area contributed by atoms with E-state index in [9.17, 15) is 9.59 Å². The van der Waals surface area contributed by atoms with Crippen LogP contribution in [-0.4, -0.2) is 23.0 Å². The van der Waals surface area contributed by atoms with Crippen molar-refractivity contribution < 1.29 is 14.7 Å². The number of carbonyl (C=O) groups excluding carboxylic acids is 1. The second-order valence-electron chi connectivity index (χ2n) is 7.81. The van der Waals surface area contributed by atoms with Gasteiger partial charge in [-0.3, -0.25) is 4.79 Å². The van der Waals surface area contributed by atoms with Crippen molar-refractivity contribution in [3.05, 3.63) is 72.9 Å². The van der Waals surface area contributed by atoms with Crippen LogP contribution in [0.3, 0.4) is 0 Å². The lowest BCUT2D eigenvalue weighted by Crippen LogP contribution is -2.43. The highest BCUT2D eigenvalue weighted by Gasteiger charge is 2.22. The molecule has 0 aromatic carbocycles. The Morgan fingerprint density at radius 3 is 1.74 bits per heavy atom. The summed E-state index contributed by atoms with van der Waals surface area (Å²) < 4.78 is 0. The molecule has 2 N–H and O–H groups in total. The molecule has 0 aromatic rings. The van der Waals surface area contributed by atoms with Crippen LogP contribution >= 0.6 is 0 Å². The number of allylic oxidation sites excluding steroid dienone is 11. The predicted octanol–water partition coefficient (Wildman–Crippen LogP) is 6.69. The second kappa shape index (κ2) is 20.6. The van der Waals surface area contributed by atoms with Gasteiger partial charge >= 0.3 is 5.97 Å². The number of carbonyl (C=O) groups is 2. The van der Waals surface area contributed by atoms with Crippen molar-refractivity contribution in [2.75, 3.05) is 0 Å². The Morgan fingerprint density at radius 1 is 0.742 bits per heavy atom. The predicted molar refractivity (Wildman–Crippen MR) is 132 cm³/mol. The minimum absolute atomic E-state index is 0.172. The zero-order valence-electron chi connectivity index (χ0n) is 19.5. The third-order valence-corrected chi connectivity index (χ3v) is 4.59. The highest BCUT2D eigenvalue weighted by molar-refractivity contribution is 5.91. The minimum Gasteiger partial charge on any atom is -0.480 e. The molecule has 1 amide bonds. The van der Waals surface area contributed by atoms with E-state index in [1.54, 1.807) is 32.1 Å². The van der Waals surface area contributed by atoms with Crippen LogP contribution in [0.2, 0.25) is 0 Å². The monoisotopic (exact) mass is 427 g/mol. The fourth-order valence-electron chi connectivity index (χ4n) is 2.77. The first-order valence-corrected chi connectivity index (χ1v) is 11.5. The van der Waals surface area contributed by atoms with Gasteiger partial charge in [0.15, 0.2) is 0 Å². The van der Waals surface area contributed by atoms with Gasteiger partial charge < -0.3 is 10.4 Å². The summed E-state index contributed by atoms with van der Waals surface area (Å²) in [7, 11) is 0. The van der Waals surface area contributed by atoms with Crippen LogP contribution in [0.25, 0.3) is 0 Å². The minimum atomic E-state index is -1.03. The molecule has 0 fully saturated rings. The number of carboxylic acids is 1. The average molecular weight is 428 g/mol. The van der Waals surface area contributed by atoms with Crippen molar-refractivity contribution in [3.8, 4) is 0 Å². The van der Waals surface area contributed by atoms with Crippen molar-refractivity contribution in [1.29, 1.82) is 0 Å². The highest BCUT2D eigenvalue weighted by Crippen LogP contribution is 2.08. The van der Waals surface area contributed by atoms with Gasteiger partial charge in [0.05, 0.1) is 0 Å². The molecule has 0 saturated heterocycles. The van der Waals surface area contributed by atoms with E-state index in [0.717, 1.165) is 6.42 Å². The van der Waals surface area contributed by atoms with E-state index in [0.29, 0.717) is 0 Å². The summed E-state index contributed by atoms with van der Waals surface area (Å²) >= 11 is 0. The maximum Gasteiger partial charge on any atom is 0.326 e. The molecule has 0 aliphatic heterocycles. The van der Waals surface area contributed by atoms with Gasteiger partial charge in [-0.1, -0.05) is 126 Å². The highest BCUT2D eigenvalue weighted by atomic mass is 16.4. The summed E-state index contributed by atoms with van der Waals surface area (Å²) in [5, 5.41) is 11.5. The summed E-state index contributed by atoms with van der Waals surface area (Å²) in [4.78, 5) is 22.8. The Balaban J connectivity index is 3.92. The summed E-state index contributed by atoms with van der Waals surface area (Å²) in [6.07, 6.45) is 33.0. The molecule has 0 aliphatic rings. The maximum atomic E-state index is 11.7. The standard InChI is InChI=1S/C27H41NO3/c1-4-5-6-7-8-9-10-11-12-13-14-15-16-17-18-19-20-21-22-23-25(29)28-26(24(2)3)27(30)31/h12-24,26H,4-11H2,1-3H3,(H,28,29)(H,30,31)/t26-/m0/s1. The number of carboxylic acid groups (broad SMARTS) is 1. The van der Waals surface area contributed by atoms with Crippen LogP contribution in [0, 0.1) is 5.92 Å². The zero-order chi connectivity index (χ0) is 23.2.